The molecule has 0 spiro atoms. The first-order chi connectivity index (χ1) is 21.0. The number of hydrogen-bond acceptors (Lipinski definition) is 11. The SMILES string of the molecule is CC(=O)OC1CC[C@@]2(C)C(C1)CC(OC(C)=O)[C@H]1[C@@H]3CC[C@H]([C@H](C)CCC(=O)OCCCS(=O)(=O)[O-])[C@@]3(C)C(OC(C)=O)C[C@@H]12. The molecule has 0 saturated heterocycles. The lowest BCUT2D eigenvalue weighted by Gasteiger charge is -2.64. The molecule has 0 aromatic rings. The van der Waals surface area contributed by atoms with Crippen molar-refractivity contribution in [2.75, 3.05) is 12.4 Å². The number of fused-ring (bicyclic) bond motifs is 5. The third kappa shape index (κ3) is 7.85. The number of ether oxygens (including phenoxy) is 4. The zero-order chi connectivity index (χ0) is 33.3. The molecule has 11 atom stereocenters. The molecule has 11 nitrogen and oxygen atoms in total. The van der Waals surface area contributed by atoms with Gasteiger partial charge >= 0.3 is 23.9 Å². The highest BCUT2D eigenvalue weighted by Gasteiger charge is 2.67. The number of rotatable bonds is 11. The lowest BCUT2D eigenvalue weighted by molar-refractivity contribution is -0.224. The Morgan fingerprint density at radius 2 is 1.56 bits per heavy atom. The van der Waals surface area contributed by atoms with E-state index < -0.39 is 27.3 Å². The molecule has 4 unspecified atom stereocenters. The zero-order valence-electron chi connectivity index (χ0n) is 27.6. The van der Waals surface area contributed by atoms with Crippen LogP contribution in [0.1, 0.15) is 106 Å². The molecule has 4 aliphatic rings. The van der Waals surface area contributed by atoms with Gasteiger partial charge in [-0.25, -0.2) is 8.42 Å². The molecule has 0 amide bonds. The molecule has 0 aliphatic heterocycles. The topological polar surface area (TPSA) is 162 Å². The highest BCUT2D eigenvalue weighted by molar-refractivity contribution is 7.85. The molecular weight excluding hydrogens is 604 g/mol. The Morgan fingerprint density at radius 1 is 0.889 bits per heavy atom. The van der Waals surface area contributed by atoms with Crippen molar-refractivity contribution in [3.8, 4) is 0 Å². The van der Waals surface area contributed by atoms with Gasteiger partial charge in [-0.05, 0) is 92.8 Å². The van der Waals surface area contributed by atoms with Gasteiger partial charge in [0.1, 0.15) is 18.3 Å². The molecule has 4 rings (SSSR count). The number of carbonyl (C=O) groups excluding carboxylic acids is 4. The van der Waals surface area contributed by atoms with Crippen LogP contribution in [0.2, 0.25) is 0 Å². The Labute approximate surface area is 267 Å². The summed E-state index contributed by atoms with van der Waals surface area (Å²) in [6, 6.07) is 0. The summed E-state index contributed by atoms with van der Waals surface area (Å²) in [5, 5.41) is 0. The second-order valence-electron chi connectivity index (χ2n) is 14.6. The Balaban J connectivity index is 1.56. The maximum Gasteiger partial charge on any atom is 0.305 e. The van der Waals surface area contributed by atoms with Crippen LogP contribution in [0.5, 0.6) is 0 Å². The van der Waals surface area contributed by atoms with Crippen molar-refractivity contribution in [2.45, 2.75) is 124 Å². The summed E-state index contributed by atoms with van der Waals surface area (Å²) < 4.78 is 55.5. The molecule has 0 aromatic carbocycles. The largest absolute Gasteiger partial charge is 0.748 e. The fourth-order valence-electron chi connectivity index (χ4n) is 10.2. The van der Waals surface area contributed by atoms with E-state index in [0.29, 0.717) is 19.3 Å². The fourth-order valence-corrected chi connectivity index (χ4v) is 10.6. The Kier molecular flexibility index (Phi) is 11.0. The quantitative estimate of drug-likeness (QED) is 0.133. The molecular formula is C33H51O11S-. The Morgan fingerprint density at radius 3 is 2.18 bits per heavy atom. The number of carbonyl (C=O) groups is 4. The van der Waals surface area contributed by atoms with E-state index >= 15 is 0 Å². The van der Waals surface area contributed by atoms with Gasteiger partial charge in [-0.15, -0.1) is 0 Å². The summed E-state index contributed by atoms with van der Waals surface area (Å²) in [5.74, 6) is -1.10. The van der Waals surface area contributed by atoms with Crippen LogP contribution < -0.4 is 0 Å². The van der Waals surface area contributed by atoms with E-state index in [-0.39, 0.29) is 96.6 Å². The highest BCUT2D eigenvalue weighted by Crippen LogP contribution is 2.69. The van der Waals surface area contributed by atoms with Gasteiger partial charge in [0.2, 0.25) is 0 Å². The van der Waals surface area contributed by atoms with Crippen molar-refractivity contribution in [1.29, 1.82) is 0 Å². The van der Waals surface area contributed by atoms with Gasteiger partial charge in [0.25, 0.3) is 0 Å². The van der Waals surface area contributed by atoms with Crippen molar-refractivity contribution >= 4 is 34.0 Å². The summed E-state index contributed by atoms with van der Waals surface area (Å²) in [6.45, 7) is 10.9. The van der Waals surface area contributed by atoms with Gasteiger partial charge < -0.3 is 23.5 Å². The normalized spacial score (nSPS) is 38.1. The van der Waals surface area contributed by atoms with Crippen LogP contribution in [-0.2, 0) is 48.2 Å². The molecule has 0 aromatic heterocycles. The van der Waals surface area contributed by atoms with Crippen LogP contribution >= 0.6 is 0 Å². The third-order valence-corrected chi connectivity index (χ3v) is 12.8. The summed E-state index contributed by atoms with van der Waals surface area (Å²) >= 11 is 0. The highest BCUT2D eigenvalue weighted by atomic mass is 32.2. The minimum absolute atomic E-state index is 0.0319. The molecule has 12 heteroatoms. The molecule has 0 radical (unpaired) electrons. The Bertz CT molecular complexity index is 1230. The average molecular weight is 656 g/mol. The lowest BCUT2D eigenvalue weighted by Crippen LogP contribution is -2.63. The molecule has 4 saturated carbocycles. The van der Waals surface area contributed by atoms with E-state index in [1.165, 1.54) is 20.8 Å². The molecule has 0 heterocycles. The van der Waals surface area contributed by atoms with Gasteiger partial charge in [0.15, 0.2) is 0 Å². The molecule has 4 aliphatic carbocycles. The van der Waals surface area contributed by atoms with Crippen LogP contribution in [0.3, 0.4) is 0 Å². The smallest absolute Gasteiger partial charge is 0.305 e. The molecule has 0 bridgehead atoms. The predicted molar refractivity (Wildman–Crippen MR) is 161 cm³/mol. The van der Waals surface area contributed by atoms with Crippen LogP contribution in [0.4, 0.5) is 0 Å². The first-order valence-electron chi connectivity index (χ1n) is 16.6. The van der Waals surface area contributed by atoms with Gasteiger partial charge in [0, 0.05) is 44.3 Å². The van der Waals surface area contributed by atoms with Crippen molar-refractivity contribution in [2.24, 2.45) is 46.3 Å². The molecule has 45 heavy (non-hydrogen) atoms. The van der Waals surface area contributed by atoms with E-state index in [4.69, 9.17) is 18.9 Å². The maximum absolute atomic E-state index is 12.5. The molecule has 0 N–H and O–H groups in total. The summed E-state index contributed by atoms with van der Waals surface area (Å²) in [7, 11) is -4.35. The predicted octanol–water partition coefficient (Wildman–Crippen LogP) is 4.56. The maximum atomic E-state index is 12.5. The van der Waals surface area contributed by atoms with Gasteiger partial charge in [-0.1, -0.05) is 20.8 Å². The van der Waals surface area contributed by atoms with E-state index in [2.05, 4.69) is 20.8 Å². The van der Waals surface area contributed by atoms with E-state index in [0.717, 1.165) is 32.1 Å². The second-order valence-corrected chi connectivity index (χ2v) is 16.1. The van der Waals surface area contributed by atoms with E-state index in [9.17, 15) is 32.1 Å². The standard InChI is InChI=1S/C33H52O11S/c1-19(8-11-30(37)41-14-7-15-45(38,39)40)25-9-10-26-31-27(18-29(33(25,26)6)44-22(4)36)32(5)13-12-24(42-20(2)34)16-23(32)17-28(31)43-21(3)35/h19,23-29,31H,7-18H2,1-6H3,(H,38,39,40)/p-1/t19-,23?,24?,25-,26+,27+,28?,29?,31+,32+,33-/m1/s1. The molecule has 4 fully saturated rings. The summed E-state index contributed by atoms with van der Waals surface area (Å²) in [5.41, 5.74) is -0.480. The van der Waals surface area contributed by atoms with E-state index in [1.807, 2.05) is 0 Å². The van der Waals surface area contributed by atoms with Crippen molar-refractivity contribution < 1.29 is 51.1 Å². The van der Waals surface area contributed by atoms with Crippen LogP contribution in [0, 0.1) is 46.3 Å². The van der Waals surface area contributed by atoms with Crippen molar-refractivity contribution in [3.63, 3.8) is 0 Å². The third-order valence-electron chi connectivity index (χ3n) is 12.0. The zero-order valence-corrected chi connectivity index (χ0v) is 28.4. The van der Waals surface area contributed by atoms with Gasteiger partial charge in [0.05, 0.1) is 16.7 Å². The van der Waals surface area contributed by atoms with Crippen LogP contribution in [-0.4, -0.2) is 67.5 Å². The average Bonchev–Trinajstić information content (AvgIpc) is 3.27. The fraction of sp³-hybridized carbons (Fsp3) is 0.879. The van der Waals surface area contributed by atoms with Crippen LogP contribution in [0.25, 0.3) is 0 Å². The summed E-state index contributed by atoms with van der Waals surface area (Å²) in [4.78, 5) is 49.2. The van der Waals surface area contributed by atoms with Gasteiger partial charge in [-0.2, -0.15) is 0 Å². The summed E-state index contributed by atoms with van der Waals surface area (Å²) in [6.07, 6.45) is 5.43. The molecule has 256 valence electrons. The van der Waals surface area contributed by atoms with Crippen molar-refractivity contribution in [3.05, 3.63) is 0 Å². The van der Waals surface area contributed by atoms with E-state index in [1.54, 1.807) is 0 Å². The second kappa shape index (κ2) is 13.9. The number of esters is 4. The first-order valence-corrected chi connectivity index (χ1v) is 18.1. The number of hydrogen-bond donors (Lipinski definition) is 0. The van der Waals surface area contributed by atoms with Crippen molar-refractivity contribution in [1.82, 2.24) is 0 Å². The Hall–Kier alpha value is -2.21. The lowest BCUT2D eigenvalue weighted by atomic mass is 9.43. The minimum atomic E-state index is -4.35. The first kappa shape index (κ1) is 35.6. The van der Waals surface area contributed by atoms with Gasteiger partial charge in [-0.3, -0.25) is 19.2 Å². The minimum Gasteiger partial charge on any atom is -0.748 e. The van der Waals surface area contributed by atoms with Crippen LogP contribution in [0.15, 0.2) is 0 Å². The monoisotopic (exact) mass is 655 g/mol.